The first-order chi connectivity index (χ1) is 12.2. The molecule has 0 aliphatic heterocycles. The molecule has 1 amide bonds. The maximum absolute atomic E-state index is 12.5. The molecule has 1 saturated carbocycles. The Balaban J connectivity index is 1.42. The van der Waals surface area contributed by atoms with E-state index in [2.05, 4.69) is 25.8 Å². The second-order valence-corrected chi connectivity index (χ2v) is 8.48. The summed E-state index contributed by atoms with van der Waals surface area (Å²) >= 11 is 2.92. The quantitative estimate of drug-likeness (QED) is 0.642. The van der Waals surface area contributed by atoms with Crippen LogP contribution in [0.4, 0.5) is 10.8 Å². The average Bonchev–Trinajstić information content (AvgIpc) is 3.33. The third kappa shape index (κ3) is 3.91. The summed E-state index contributed by atoms with van der Waals surface area (Å²) in [6.07, 6.45) is 4.14. The molecule has 2 aromatic heterocycles. The van der Waals surface area contributed by atoms with Crippen LogP contribution in [0.25, 0.3) is 10.9 Å². The third-order valence-corrected chi connectivity index (χ3v) is 5.90. The Labute approximate surface area is 153 Å². The number of carbonyl (C=O) groups is 1. The van der Waals surface area contributed by atoms with Crippen LogP contribution in [0.2, 0.25) is 0 Å². The van der Waals surface area contributed by atoms with Gasteiger partial charge in [0.15, 0.2) is 4.34 Å². The molecule has 0 radical (unpaired) electrons. The summed E-state index contributed by atoms with van der Waals surface area (Å²) in [4.78, 5) is 16.9. The SMILES string of the molecule is CC(Sc1nnc(NC2CC2)s1)C(=O)Nc1cccc2ncccc12. The summed E-state index contributed by atoms with van der Waals surface area (Å²) in [5.41, 5.74) is 1.64. The van der Waals surface area contributed by atoms with Crippen LogP contribution in [0.3, 0.4) is 0 Å². The number of amides is 1. The van der Waals surface area contributed by atoms with E-state index in [-0.39, 0.29) is 11.2 Å². The minimum atomic E-state index is -0.270. The second-order valence-electron chi connectivity index (χ2n) is 5.92. The molecule has 1 aliphatic carbocycles. The van der Waals surface area contributed by atoms with Gasteiger partial charge in [-0.25, -0.2) is 0 Å². The maximum Gasteiger partial charge on any atom is 0.237 e. The van der Waals surface area contributed by atoms with E-state index in [1.807, 2.05) is 37.3 Å². The number of pyridine rings is 1. The van der Waals surface area contributed by atoms with Crippen LogP contribution in [0.1, 0.15) is 19.8 Å². The van der Waals surface area contributed by atoms with Crippen LogP contribution in [0, 0.1) is 0 Å². The van der Waals surface area contributed by atoms with Gasteiger partial charge in [-0.2, -0.15) is 0 Å². The highest BCUT2D eigenvalue weighted by Gasteiger charge is 2.23. The van der Waals surface area contributed by atoms with Crippen molar-refractivity contribution in [2.45, 2.75) is 35.4 Å². The number of hydrogen-bond donors (Lipinski definition) is 2. The lowest BCUT2D eigenvalue weighted by Crippen LogP contribution is -2.22. The Morgan fingerprint density at radius 1 is 1.28 bits per heavy atom. The lowest BCUT2D eigenvalue weighted by molar-refractivity contribution is -0.115. The summed E-state index contributed by atoms with van der Waals surface area (Å²) in [5.74, 6) is -0.0618. The van der Waals surface area contributed by atoms with Gasteiger partial charge in [0.25, 0.3) is 0 Å². The molecular formula is C17H17N5OS2. The molecule has 2 heterocycles. The highest BCUT2D eigenvalue weighted by molar-refractivity contribution is 8.02. The standard InChI is InChI=1S/C17H17N5OS2/c1-10(24-17-22-21-16(25-17)19-11-7-8-11)15(23)20-14-6-2-5-13-12(14)4-3-9-18-13/h2-6,9-11H,7-8H2,1H3,(H,19,21)(H,20,23). The van der Waals surface area contributed by atoms with Crippen molar-refractivity contribution in [1.82, 2.24) is 15.2 Å². The Morgan fingerprint density at radius 2 is 2.16 bits per heavy atom. The average molecular weight is 371 g/mol. The molecule has 2 N–H and O–H groups in total. The zero-order chi connectivity index (χ0) is 17.2. The number of nitrogens with zero attached hydrogens (tertiary/aromatic N) is 3. The monoisotopic (exact) mass is 371 g/mol. The van der Waals surface area contributed by atoms with Crippen molar-refractivity contribution in [3.8, 4) is 0 Å². The zero-order valence-corrected chi connectivity index (χ0v) is 15.2. The van der Waals surface area contributed by atoms with Gasteiger partial charge in [0.2, 0.25) is 11.0 Å². The molecule has 1 unspecified atom stereocenters. The molecule has 128 valence electrons. The number of anilines is 2. The number of benzene rings is 1. The van der Waals surface area contributed by atoms with E-state index in [0.29, 0.717) is 6.04 Å². The van der Waals surface area contributed by atoms with Crippen molar-refractivity contribution in [3.63, 3.8) is 0 Å². The predicted octanol–water partition coefficient (Wildman–Crippen LogP) is 3.78. The lowest BCUT2D eigenvalue weighted by atomic mass is 10.2. The van der Waals surface area contributed by atoms with Crippen LogP contribution < -0.4 is 10.6 Å². The molecule has 8 heteroatoms. The first-order valence-corrected chi connectivity index (χ1v) is 9.80. The van der Waals surface area contributed by atoms with E-state index in [9.17, 15) is 4.79 Å². The van der Waals surface area contributed by atoms with Crippen molar-refractivity contribution in [2.75, 3.05) is 10.6 Å². The molecular weight excluding hydrogens is 354 g/mol. The van der Waals surface area contributed by atoms with E-state index >= 15 is 0 Å². The van der Waals surface area contributed by atoms with Gasteiger partial charge in [-0.1, -0.05) is 29.2 Å². The predicted molar refractivity (Wildman–Crippen MR) is 102 cm³/mol. The van der Waals surface area contributed by atoms with Crippen LogP contribution in [0.15, 0.2) is 40.9 Å². The molecule has 4 rings (SSSR count). The molecule has 1 aliphatic rings. The van der Waals surface area contributed by atoms with Gasteiger partial charge < -0.3 is 10.6 Å². The largest absolute Gasteiger partial charge is 0.357 e. The fourth-order valence-corrected chi connectivity index (χ4v) is 4.34. The molecule has 6 nitrogen and oxygen atoms in total. The molecule has 0 spiro atoms. The zero-order valence-electron chi connectivity index (χ0n) is 13.6. The van der Waals surface area contributed by atoms with Crippen LogP contribution in [-0.4, -0.2) is 32.4 Å². The van der Waals surface area contributed by atoms with Gasteiger partial charge in [-0.15, -0.1) is 10.2 Å². The molecule has 3 aromatic rings. The number of hydrogen-bond acceptors (Lipinski definition) is 7. The smallest absolute Gasteiger partial charge is 0.237 e. The highest BCUT2D eigenvalue weighted by atomic mass is 32.2. The highest BCUT2D eigenvalue weighted by Crippen LogP contribution is 2.32. The van der Waals surface area contributed by atoms with E-state index in [1.54, 1.807) is 6.20 Å². The fourth-order valence-electron chi connectivity index (χ4n) is 2.37. The number of thioether (sulfide) groups is 1. The molecule has 0 bridgehead atoms. The minimum absolute atomic E-state index is 0.0618. The van der Waals surface area contributed by atoms with Gasteiger partial charge >= 0.3 is 0 Å². The number of nitrogens with one attached hydrogen (secondary N) is 2. The topological polar surface area (TPSA) is 79.8 Å². The van der Waals surface area contributed by atoms with Crippen molar-refractivity contribution in [2.24, 2.45) is 0 Å². The molecule has 1 atom stereocenters. The summed E-state index contributed by atoms with van der Waals surface area (Å²) < 4.78 is 0.797. The lowest BCUT2D eigenvalue weighted by Gasteiger charge is -2.12. The number of carbonyl (C=O) groups excluding carboxylic acids is 1. The Kier molecular flexibility index (Phi) is 4.54. The summed E-state index contributed by atoms with van der Waals surface area (Å²) in [5, 5.41) is 16.1. The number of fused-ring (bicyclic) bond motifs is 1. The summed E-state index contributed by atoms with van der Waals surface area (Å²) in [6, 6.07) is 10.1. The van der Waals surface area contributed by atoms with Crippen molar-refractivity contribution in [3.05, 3.63) is 36.5 Å². The number of aromatic nitrogens is 3. The number of rotatable bonds is 6. The minimum Gasteiger partial charge on any atom is -0.357 e. The normalized spacial score (nSPS) is 15.1. The van der Waals surface area contributed by atoms with Crippen molar-refractivity contribution < 1.29 is 4.79 Å². The Morgan fingerprint density at radius 3 is 3.00 bits per heavy atom. The van der Waals surface area contributed by atoms with E-state index < -0.39 is 0 Å². The molecule has 1 fully saturated rings. The first kappa shape index (κ1) is 16.3. The van der Waals surface area contributed by atoms with Gasteiger partial charge in [-0.3, -0.25) is 9.78 Å². The Bertz CT molecular complexity index is 903. The van der Waals surface area contributed by atoms with Crippen LogP contribution in [-0.2, 0) is 4.79 Å². The first-order valence-electron chi connectivity index (χ1n) is 8.10. The van der Waals surface area contributed by atoms with Crippen molar-refractivity contribution in [1.29, 1.82) is 0 Å². The van der Waals surface area contributed by atoms with Gasteiger partial charge in [0.05, 0.1) is 16.5 Å². The molecule has 25 heavy (non-hydrogen) atoms. The van der Waals surface area contributed by atoms with E-state index in [0.717, 1.165) is 26.1 Å². The third-order valence-electron chi connectivity index (χ3n) is 3.86. The van der Waals surface area contributed by atoms with E-state index in [4.69, 9.17) is 0 Å². The molecule has 0 saturated heterocycles. The van der Waals surface area contributed by atoms with Crippen LogP contribution >= 0.6 is 23.1 Å². The summed E-state index contributed by atoms with van der Waals surface area (Å²) in [7, 11) is 0. The fraction of sp³-hybridized carbons (Fsp3) is 0.294. The maximum atomic E-state index is 12.5. The summed E-state index contributed by atoms with van der Waals surface area (Å²) in [6.45, 7) is 1.87. The van der Waals surface area contributed by atoms with Crippen molar-refractivity contribution >= 4 is 50.7 Å². The second kappa shape index (κ2) is 6.97. The van der Waals surface area contributed by atoms with Gasteiger partial charge in [-0.05, 0) is 44.0 Å². The Hall–Kier alpha value is -2.19. The van der Waals surface area contributed by atoms with Gasteiger partial charge in [0.1, 0.15) is 0 Å². The van der Waals surface area contributed by atoms with Gasteiger partial charge in [0, 0.05) is 17.6 Å². The van der Waals surface area contributed by atoms with E-state index in [1.165, 1.54) is 35.9 Å². The molecule has 1 aromatic carbocycles. The van der Waals surface area contributed by atoms with Crippen LogP contribution in [0.5, 0.6) is 0 Å².